The Hall–Kier alpha value is -2.95. The van der Waals surface area contributed by atoms with Gasteiger partial charge >= 0.3 is 0 Å². The summed E-state index contributed by atoms with van der Waals surface area (Å²) in [4.78, 5) is 16.1. The molecule has 1 fully saturated rings. The van der Waals surface area contributed by atoms with E-state index in [-0.39, 0.29) is 17.3 Å². The minimum Gasteiger partial charge on any atom is -0.493 e. The van der Waals surface area contributed by atoms with Gasteiger partial charge in [-0.3, -0.25) is 0 Å². The van der Waals surface area contributed by atoms with Gasteiger partial charge in [0, 0.05) is 30.2 Å². The standard InChI is InChI=1S/C24H28ClN7O2S/c1-33-15-9-13-11-24(20(26)14(13)10-16(15)34-2)4-7-32(8-5-24)18-12-30-23(22(28)31-18)35-17-3-6-29-21(27)19(17)25/h3,6,9-10,12,20H,4-5,7-8,11,26H2,1-2H3,(H2,27,29)(H2,28,31)/t20-/m1/s1. The summed E-state index contributed by atoms with van der Waals surface area (Å²) in [5.74, 6) is 2.84. The Labute approximate surface area is 213 Å². The third kappa shape index (κ3) is 4.19. The van der Waals surface area contributed by atoms with Crippen molar-refractivity contribution in [1.29, 1.82) is 0 Å². The lowest BCUT2D eigenvalue weighted by Gasteiger charge is -2.42. The summed E-state index contributed by atoms with van der Waals surface area (Å²) in [6.45, 7) is 1.65. The van der Waals surface area contributed by atoms with Gasteiger partial charge in [-0.1, -0.05) is 23.4 Å². The van der Waals surface area contributed by atoms with Crippen molar-refractivity contribution >= 4 is 40.8 Å². The van der Waals surface area contributed by atoms with Crippen LogP contribution in [0.5, 0.6) is 11.5 Å². The highest BCUT2D eigenvalue weighted by Gasteiger charge is 2.46. The number of hydrogen-bond donors (Lipinski definition) is 3. The van der Waals surface area contributed by atoms with Crippen LogP contribution in [0.25, 0.3) is 0 Å². The first kappa shape index (κ1) is 23.8. The van der Waals surface area contributed by atoms with Crippen molar-refractivity contribution in [3.63, 3.8) is 0 Å². The fraction of sp³-hybridized carbons (Fsp3) is 0.375. The molecule has 1 atom stereocenters. The molecule has 3 aromatic rings. The molecule has 9 nitrogen and oxygen atoms in total. The predicted molar refractivity (Wildman–Crippen MR) is 138 cm³/mol. The molecule has 3 heterocycles. The number of nitrogens with two attached hydrogens (primary N) is 3. The van der Waals surface area contributed by atoms with Gasteiger partial charge in [0.05, 0.1) is 25.4 Å². The molecule has 5 rings (SSSR count). The van der Waals surface area contributed by atoms with Crippen molar-refractivity contribution in [1.82, 2.24) is 15.0 Å². The van der Waals surface area contributed by atoms with Crippen LogP contribution in [-0.2, 0) is 6.42 Å². The molecule has 0 radical (unpaired) electrons. The fourth-order valence-electron chi connectivity index (χ4n) is 5.11. The Kier molecular flexibility index (Phi) is 6.29. The van der Waals surface area contributed by atoms with Crippen LogP contribution in [0.3, 0.4) is 0 Å². The molecule has 1 spiro atoms. The average Bonchev–Trinajstić information content (AvgIpc) is 3.12. The second kappa shape index (κ2) is 9.25. The molecule has 2 aliphatic rings. The summed E-state index contributed by atoms with van der Waals surface area (Å²) in [6.07, 6.45) is 6.17. The van der Waals surface area contributed by atoms with Gasteiger partial charge in [-0.05, 0) is 54.0 Å². The van der Waals surface area contributed by atoms with E-state index in [1.54, 1.807) is 32.7 Å². The van der Waals surface area contributed by atoms with Crippen LogP contribution in [0.2, 0.25) is 5.02 Å². The first-order valence-electron chi connectivity index (χ1n) is 11.3. The Morgan fingerprint density at radius 2 is 1.80 bits per heavy atom. The lowest BCUT2D eigenvalue weighted by molar-refractivity contribution is 0.187. The van der Waals surface area contributed by atoms with Crippen LogP contribution in [0.4, 0.5) is 17.5 Å². The quantitative estimate of drug-likeness (QED) is 0.462. The van der Waals surface area contributed by atoms with Gasteiger partial charge in [0.2, 0.25) is 0 Å². The van der Waals surface area contributed by atoms with Gasteiger partial charge in [-0.15, -0.1) is 0 Å². The number of aromatic nitrogens is 3. The molecule has 6 N–H and O–H groups in total. The van der Waals surface area contributed by atoms with E-state index in [4.69, 9.17) is 38.3 Å². The molecule has 1 aromatic carbocycles. The number of piperidine rings is 1. The number of ether oxygens (including phenoxy) is 2. The second-order valence-corrected chi connectivity index (χ2v) is 10.3. The predicted octanol–water partition coefficient (Wildman–Crippen LogP) is 3.70. The largest absolute Gasteiger partial charge is 0.493 e. The molecule has 1 aliphatic carbocycles. The molecule has 2 aromatic heterocycles. The maximum absolute atomic E-state index is 6.81. The number of anilines is 3. The van der Waals surface area contributed by atoms with Crippen molar-refractivity contribution < 1.29 is 9.47 Å². The van der Waals surface area contributed by atoms with E-state index in [1.165, 1.54) is 17.3 Å². The lowest BCUT2D eigenvalue weighted by atomic mass is 9.73. The minimum atomic E-state index is -0.0491. The Balaban J connectivity index is 1.30. The Bertz CT molecular complexity index is 1270. The third-order valence-electron chi connectivity index (χ3n) is 7.10. The zero-order valence-electron chi connectivity index (χ0n) is 19.6. The van der Waals surface area contributed by atoms with Crippen LogP contribution < -0.4 is 31.6 Å². The molecule has 184 valence electrons. The van der Waals surface area contributed by atoms with Crippen molar-refractivity contribution in [2.24, 2.45) is 11.1 Å². The molecular weight excluding hydrogens is 486 g/mol. The van der Waals surface area contributed by atoms with Crippen molar-refractivity contribution in [2.45, 2.75) is 35.2 Å². The van der Waals surface area contributed by atoms with Crippen LogP contribution in [0.15, 0.2) is 40.5 Å². The number of methoxy groups -OCH3 is 2. The highest BCUT2D eigenvalue weighted by molar-refractivity contribution is 7.99. The SMILES string of the molecule is COc1cc2c(cc1OC)[C@@H](N)C1(CCN(c3cnc(Sc4ccnc(N)c4Cl)c(N)n3)CC1)C2. The van der Waals surface area contributed by atoms with E-state index in [0.29, 0.717) is 15.9 Å². The normalized spacial score (nSPS) is 18.5. The first-order valence-corrected chi connectivity index (χ1v) is 12.5. The van der Waals surface area contributed by atoms with Crippen molar-refractivity contribution in [3.05, 3.63) is 46.7 Å². The first-order chi connectivity index (χ1) is 16.8. The summed E-state index contributed by atoms with van der Waals surface area (Å²) in [6, 6.07) is 5.83. The van der Waals surface area contributed by atoms with Gasteiger partial charge in [0.1, 0.15) is 16.7 Å². The number of hydrogen-bond acceptors (Lipinski definition) is 10. The number of nitrogens with zero attached hydrogens (tertiary/aromatic N) is 4. The van der Waals surface area contributed by atoms with E-state index in [0.717, 1.165) is 60.1 Å². The number of halogens is 1. The molecular formula is C24H28ClN7O2S. The molecule has 0 bridgehead atoms. The average molecular weight is 514 g/mol. The van der Waals surface area contributed by atoms with Gasteiger partial charge in [0.25, 0.3) is 0 Å². The third-order valence-corrected chi connectivity index (χ3v) is 8.68. The summed E-state index contributed by atoms with van der Waals surface area (Å²) >= 11 is 7.58. The summed E-state index contributed by atoms with van der Waals surface area (Å²) in [5.41, 5.74) is 21.3. The maximum atomic E-state index is 6.81. The Morgan fingerprint density at radius 3 is 2.49 bits per heavy atom. The lowest BCUT2D eigenvalue weighted by Crippen LogP contribution is -2.44. The minimum absolute atomic E-state index is 0.00298. The van der Waals surface area contributed by atoms with E-state index in [9.17, 15) is 0 Å². The van der Waals surface area contributed by atoms with E-state index >= 15 is 0 Å². The topological polar surface area (TPSA) is 138 Å². The molecule has 0 unspecified atom stereocenters. The highest BCUT2D eigenvalue weighted by atomic mass is 35.5. The fourth-order valence-corrected chi connectivity index (χ4v) is 6.12. The van der Waals surface area contributed by atoms with Crippen LogP contribution in [0, 0.1) is 5.41 Å². The van der Waals surface area contributed by atoms with E-state index < -0.39 is 0 Å². The van der Waals surface area contributed by atoms with Crippen LogP contribution >= 0.6 is 23.4 Å². The zero-order chi connectivity index (χ0) is 24.7. The van der Waals surface area contributed by atoms with Crippen molar-refractivity contribution in [2.75, 3.05) is 43.7 Å². The highest BCUT2D eigenvalue weighted by Crippen LogP contribution is 2.53. The number of benzene rings is 1. The van der Waals surface area contributed by atoms with Gasteiger partial charge < -0.3 is 31.6 Å². The van der Waals surface area contributed by atoms with E-state index in [1.807, 2.05) is 6.07 Å². The second-order valence-electron chi connectivity index (χ2n) is 8.94. The van der Waals surface area contributed by atoms with Gasteiger partial charge in [-0.25, -0.2) is 15.0 Å². The number of nitrogen functional groups attached to an aromatic ring is 2. The zero-order valence-corrected chi connectivity index (χ0v) is 21.2. The van der Waals surface area contributed by atoms with Crippen molar-refractivity contribution in [3.8, 4) is 11.5 Å². The number of rotatable bonds is 5. The number of fused-ring (bicyclic) bond motifs is 1. The molecule has 0 saturated carbocycles. The van der Waals surface area contributed by atoms with Crippen LogP contribution in [0.1, 0.15) is 30.0 Å². The molecule has 35 heavy (non-hydrogen) atoms. The maximum Gasteiger partial charge on any atom is 0.161 e. The van der Waals surface area contributed by atoms with Gasteiger partial charge in [0.15, 0.2) is 17.3 Å². The molecule has 1 aliphatic heterocycles. The summed E-state index contributed by atoms with van der Waals surface area (Å²) in [5, 5.41) is 0.958. The summed E-state index contributed by atoms with van der Waals surface area (Å²) < 4.78 is 11.0. The Morgan fingerprint density at radius 1 is 1.09 bits per heavy atom. The summed E-state index contributed by atoms with van der Waals surface area (Å²) in [7, 11) is 3.31. The molecule has 0 amide bonds. The van der Waals surface area contributed by atoms with Crippen LogP contribution in [-0.4, -0.2) is 42.3 Å². The van der Waals surface area contributed by atoms with Gasteiger partial charge in [-0.2, -0.15) is 0 Å². The van der Waals surface area contributed by atoms with E-state index in [2.05, 4.69) is 25.9 Å². The monoisotopic (exact) mass is 513 g/mol. The number of pyridine rings is 1. The molecule has 11 heteroatoms. The molecule has 1 saturated heterocycles. The smallest absolute Gasteiger partial charge is 0.161 e.